The first-order valence-electron chi connectivity index (χ1n) is 8.17. The van der Waals surface area contributed by atoms with Gasteiger partial charge in [-0.25, -0.2) is 4.79 Å². The van der Waals surface area contributed by atoms with E-state index in [0.717, 1.165) is 36.9 Å². The Morgan fingerprint density at radius 1 is 1.32 bits per heavy atom. The van der Waals surface area contributed by atoms with E-state index in [2.05, 4.69) is 29.8 Å². The van der Waals surface area contributed by atoms with Gasteiger partial charge in [0.05, 0.1) is 6.10 Å². The van der Waals surface area contributed by atoms with Gasteiger partial charge < -0.3 is 21.1 Å². The highest BCUT2D eigenvalue weighted by molar-refractivity contribution is 5.89. The first kappa shape index (κ1) is 16.8. The molecule has 122 valence electrons. The average molecular weight is 305 g/mol. The van der Waals surface area contributed by atoms with Crippen molar-refractivity contribution in [1.82, 2.24) is 10.6 Å². The second-order valence-corrected chi connectivity index (χ2v) is 6.07. The van der Waals surface area contributed by atoms with Gasteiger partial charge in [0.25, 0.3) is 0 Å². The van der Waals surface area contributed by atoms with Gasteiger partial charge in [0.1, 0.15) is 0 Å². The molecule has 0 aromatic heterocycles. The smallest absolute Gasteiger partial charge is 0.319 e. The molecule has 2 atom stereocenters. The summed E-state index contributed by atoms with van der Waals surface area (Å²) >= 11 is 0. The molecule has 2 unspecified atom stereocenters. The number of amides is 2. The number of carbonyl (C=O) groups is 1. The minimum absolute atomic E-state index is 0.135. The molecule has 4 N–H and O–H groups in total. The van der Waals surface area contributed by atoms with Crippen LogP contribution in [0.3, 0.4) is 0 Å². The van der Waals surface area contributed by atoms with Crippen LogP contribution in [0.15, 0.2) is 24.3 Å². The number of rotatable bonds is 8. The Kier molecular flexibility index (Phi) is 6.21. The summed E-state index contributed by atoms with van der Waals surface area (Å²) < 4.78 is 0. The first-order valence-corrected chi connectivity index (χ1v) is 8.17. The third-order valence-corrected chi connectivity index (χ3v) is 3.86. The van der Waals surface area contributed by atoms with E-state index >= 15 is 0 Å². The molecule has 1 fully saturated rings. The van der Waals surface area contributed by atoms with Crippen LogP contribution in [0.1, 0.15) is 51.1 Å². The lowest BCUT2D eigenvalue weighted by molar-refractivity contribution is 0.157. The van der Waals surface area contributed by atoms with Gasteiger partial charge in [0.15, 0.2) is 0 Å². The van der Waals surface area contributed by atoms with E-state index in [9.17, 15) is 9.90 Å². The Balaban J connectivity index is 1.78. The van der Waals surface area contributed by atoms with Crippen LogP contribution in [0.5, 0.6) is 0 Å². The van der Waals surface area contributed by atoms with Crippen molar-refractivity contribution in [3.05, 3.63) is 29.8 Å². The number of hydrogen-bond acceptors (Lipinski definition) is 3. The number of aliphatic hydroxyl groups excluding tert-OH is 1. The highest BCUT2D eigenvalue weighted by Crippen LogP contribution is 2.19. The molecule has 2 rings (SSSR count). The molecule has 0 radical (unpaired) electrons. The van der Waals surface area contributed by atoms with Crippen LogP contribution in [0.4, 0.5) is 10.5 Å². The summed E-state index contributed by atoms with van der Waals surface area (Å²) in [7, 11) is 0. The van der Waals surface area contributed by atoms with Gasteiger partial charge in [-0.1, -0.05) is 25.5 Å². The number of urea groups is 1. The monoisotopic (exact) mass is 305 g/mol. The third-order valence-electron chi connectivity index (χ3n) is 3.86. The quantitative estimate of drug-likeness (QED) is 0.597. The first-order chi connectivity index (χ1) is 10.6. The van der Waals surface area contributed by atoms with Gasteiger partial charge in [0.2, 0.25) is 0 Å². The minimum Gasteiger partial charge on any atom is -0.392 e. The summed E-state index contributed by atoms with van der Waals surface area (Å²) in [6.07, 6.45) is 3.68. The van der Waals surface area contributed by atoms with Crippen molar-refractivity contribution in [3.8, 4) is 0 Å². The molecule has 5 nitrogen and oxygen atoms in total. The number of anilines is 1. The zero-order valence-electron chi connectivity index (χ0n) is 13.4. The molecule has 0 aliphatic heterocycles. The predicted octanol–water partition coefficient (Wildman–Crippen LogP) is 2.78. The number of nitrogens with one attached hydrogen (secondary N) is 3. The van der Waals surface area contributed by atoms with Crippen molar-refractivity contribution in [2.75, 3.05) is 11.9 Å². The van der Waals surface area contributed by atoms with Crippen LogP contribution < -0.4 is 16.0 Å². The fraction of sp³-hybridized carbons (Fsp3) is 0.588. The molecular formula is C17H27N3O2. The molecule has 0 bridgehead atoms. The predicted molar refractivity (Wildman–Crippen MR) is 89.0 cm³/mol. The normalized spacial score (nSPS) is 16.9. The lowest BCUT2D eigenvalue weighted by Gasteiger charge is -2.17. The molecular weight excluding hydrogens is 278 g/mol. The second-order valence-electron chi connectivity index (χ2n) is 6.07. The number of benzene rings is 1. The summed E-state index contributed by atoms with van der Waals surface area (Å²) in [6.45, 7) is 4.73. The maximum atomic E-state index is 11.7. The van der Waals surface area contributed by atoms with Gasteiger partial charge >= 0.3 is 6.03 Å². The Morgan fingerprint density at radius 3 is 2.59 bits per heavy atom. The van der Waals surface area contributed by atoms with Crippen molar-refractivity contribution in [1.29, 1.82) is 0 Å². The third kappa shape index (κ3) is 5.66. The highest BCUT2D eigenvalue weighted by atomic mass is 16.3. The molecule has 0 saturated heterocycles. The summed E-state index contributed by atoms with van der Waals surface area (Å²) in [5, 5.41) is 18.8. The van der Waals surface area contributed by atoms with Gasteiger partial charge in [-0.2, -0.15) is 0 Å². The van der Waals surface area contributed by atoms with E-state index in [1.165, 1.54) is 0 Å². The topological polar surface area (TPSA) is 73.4 Å². The largest absolute Gasteiger partial charge is 0.392 e. The minimum atomic E-state index is -0.292. The molecule has 0 spiro atoms. The molecule has 1 saturated carbocycles. The molecule has 2 amide bonds. The highest BCUT2D eigenvalue weighted by Gasteiger charge is 2.23. The Bertz CT molecular complexity index is 471. The van der Waals surface area contributed by atoms with Crippen LogP contribution in [0.25, 0.3) is 0 Å². The van der Waals surface area contributed by atoms with Gasteiger partial charge in [-0.15, -0.1) is 0 Å². The Hall–Kier alpha value is -1.59. The number of aliphatic hydroxyl groups is 1. The van der Waals surface area contributed by atoms with E-state index in [1.807, 2.05) is 24.3 Å². The van der Waals surface area contributed by atoms with Crippen LogP contribution in [0.2, 0.25) is 0 Å². The Morgan fingerprint density at radius 2 is 2.00 bits per heavy atom. The standard InChI is InChI=1S/C17H27N3O2/c1-3-4-16(21)11-18-12(2)13-5-7-14(8-6-13)19-17(22)20-15-9-10-15/h5-8,12,15-16,18,21H,3-4,9-11H2,1-2H3,(H2,19,20,22). The SMILES string of the molecule is CCCC(O)CNC(C)c1ccc(NC(=O)NC2CC2)cc1. The second kappa shape index (κ2) is 8.15. The van der Waals surface area contributed by atoms with Crippen LogP contribution in [-0.4, -0.2) is 29.8 Å². The van der Waals surface area contributed by atoms with Crippen LogP contribution in [0, 0.1) is 0 Å². The van der Waals surface area contributed by atoms with Crippen LogP contribution >= 0.6 is 0 Å². The molecule has 1 aliphatic rings. The van der Waals surface area contributed by atoms with Crippen molar-refractivity contribution in [2.24, 2.45) is 0 Å². The summed E-state index contributed by atoms with van der Waals surface area (Å²) in [6, 6.07) is 8.20. The molecule has 5 heteroatoms. The lowest BCUT2D eigenvalue weighted by atomic mass is 10.1. The van der Waals surface area contributed by atoms with E-state index in [0.29, 0.717) is 12.6 Å². The van der Waals surface area contributed by atoms with E-state index in [1.54, 1.807) is 0 Å². The van der Waals surface area contributed by atoms with Crippen molar-refractivity contribution in [3.63, 3.8) is 0 Å². The molecule has 22 heavy (non-hydrogen) atoms. The Labute approximate surface area is 132 Å². The summed E-state index contributed by atoms with van der Waals surface area (Å²) in [5.41, 5.74) is 1.93. The number of carbonyl (C=O) groups excluding carboxylic acids is 1. The fourth-order valence-corrected chi connectivity index (χ4v) is 2.30. The zero-order valence-corrected chi connectivity index (χ0v) is 13.4. The zero-order chi connectivity index (χ0) is 15.9. The lowest BCUT2D eigenvalue weighted by Crippen LogP contribution is -2.30. The molecule has 1 aromatic carbocycles. The number of hydrogen-bond donors (Lipinski definition) is 4. The molecule has 0 heterocycles. The molecule has 1 aliphatic carbocycles. The van der Waals surface area contributed by atoms with E-state index < -0.39 is 0 Å². The van der Waals surface area contributed by atoms with Crippen LogP contribution in [-0.2, 0) is 0 Å². The maximum absolute atomic E-state index is 11.7. The summed E-state index contributed by atoms with van der Waals surface area (Å²) in [5.74, 6) is 0. The van der Waals surface area contributed by atoms with E-state index in [-0.39, 0.29) is 18.2 Å². The maximum Gasteiger partial charge on any atom is 0.319 e. The van der Waals surface area contributed by atoms with Crippen molar-refractivity contribution >= 4 is 11.7 Å². The van der Waals surface area contributed by atoms with Crippen molar-refractivity contribution in [2.45, 2.75) is 57.7 Å². The van der Waals surface area contributed by atoms with Gasteiger partial charge in [-0.3, -0.25) is 0 Å². The van der Waals surface area contributed by atoms with Gasteiger partial charge in [0, 0.05) is 24.3 Å². The van der Waals surface area contributed by atoms with Gasteiger partial charge in [-0.05, 0) is 43.9 Å². The van der Waals surface area contributed by atoms with E-state index in [4.69, 9.17) is 0 Å². The fourth-order valence-electron chi connectivity index (χ4n) is 2.30. The molecule has 1 aromatic rings. The van der Waals surface area contributed by atoms with Crippen molar-refractivity contribution < 1.29 is 9.90 Å². The summed E-state index contributed by atoms with van der Waals surface area (Å²) in [4.78, 5) is 11.7. The average Bonchev–Trinajstić information content (AvgIpc) is 3.29.